The van der Waals surface area contributed by atoms with E-state index in [4.69, 9.17) is 9.97 Å². The van der Waals surface area contributed by atoms with Crippen LogP contribution in [0, 0.1) is 0 Å². The zero-order chi connectivity index (χ0) is 17.3. The molecule has 0 saturated carbocycles. The van der Waals surface area contributed by atoms with Crippen LogP contribution in [0.4, 0.5) is 0 Å². The molecule has 0 amide bonds. The summed E-state index contributed by atoms with van der Waals surface area (Å²) in [5, 5.41) is 3.18. The summed E-state index contributed by atoms with van der Waals surface area (Å²) in [6, 6.07) is 14.2. The van der Waals surface area contributed by atoms with Crippen molar-refractivity contribution in [2.45, 2.75) is 0 Å². The average Bonchev–Trinajstić information content (AvgIpc) is 3.39. The number of nitrogens with zero attached hydrogens (tertiary/aromatic N) is 5. The van der Waals surface area contributed by atoms with Crippen molar-refractivity contribution >= 4 is 21.6 Å². The first kappa shape index (κ1) is 14.9. The Balaban J connectivity index is 1.82. The second-order valence-electron chi connectivity index (χ2n) is 5.78. The lowest BCUT2D eigenvalue weighted by atomic mass is 10.1. The van der Waals surface area contributed by atoms with Crippen LogP contribution >= 0.6 is 11.3 Å². The molecule has 1 aromatic carbocycles. The number of benzene rings is 1. The highest BCUT2D eigenvalue weighted by molar-refractivity contribution is 7.17. The molecule has 0 aliphatic carbocycles. The molecule has 26 heavy (non-hydrogen) atoms. The molecule has 5 rings (SSSR count). The van der Waals surface area contributed by atoms with Crippen molar-refractivity contribution in [2.75, 3.05) is 0 Å². The van der Waals surface area contributed by atoms with Gasteiger partial charge in [-0.2, -0.15) is 0 Å². The number of thiophene rings is 1. The third-order valence-electron chi connectivity index (χ3n) is 4.17. The highest BCUT2D eigenvalue weighted by Crippen LogP contribution is 2.37. The normalized spacial score (nSPS) is 11.1. The lowest BCUT2D eigenvalue weighted by Crippen LogP contribution is -2.00. The molecule has 5 aromatic rings. The second-order valence-corrected chi connectivity index (χ2v) is 6.64. The van der Waals surface area contributed by atoms with Gasteiger partial charge in [0.05, 0.1) is 5.39 Å². The molecule has 0 N–H and O–H groups in total. The quantitative estimate of drug-likeness (QED) is 0.474. The van der Waals surface area contributed by atoms with Gasteiger partial charge in [0.15, 0.2) is 11.6 Å². The van der Waals surface area contributed by atoms with E-state index in [2.05, 4.69) is 27.5 Å². The van der Waals surface area contributed by atoms with Crippen molar-refractivity contribution in [1.29, 1.82) is 0 Å². The zero-order valence-electron chi connectivity index (χ0n) is 13.6. The highest BCUT2D eigenvalue weighted by atomic mass is 32.1. The SMILES string of the molecule is c1ccc(-c2csc3nc(-c4cccnc4)nc(-n4ccnc4)c23)cc1. The molecule has 0 spiro atoms. The van der Waals surface area contributed by atoms with Gasteiger partial charge >= 0.3 is 0 Å². The highest BCUT2D eigenvalue weighted by Gasteiger charge is 2.17. The fraction of sp³-hybridized carbons (Fsp3) is 0. The third-order valence-corrected chi connectivity index (χ3v) is 5.04. The van der Waals surface area contributed by atoms with E-state index in [1.165, 1.54) is 0 Å². The van der Waals surface area contributed by atoms with Gasteiger partial charge in [-0.15, -0.1) is 11.3 Å². The minimum absolute atomic E-state index is 0.663. The summed E-state index contributed by atoms with van der Waals surface area (Å²) < 4.78 is 1.93. The molecule has 0 aliphatic rings. The molecule has 6 heteroatoms. The van der Waals surface area contributed by atoms with Gasteiger partial charge in [-0.05, 0) is 17.7 Å². The number of imidazole rings is 1. The topological polar surface area (TPSA) is 56.5 Å². The van der Waals surface area contributed by atoms with E-state index < -0.39 is 0 Å². The second kappa shape index (κ2) is 6.16. The number of rotatable bonds is 3. The maximum absolute atomic E-state index is 4.85. The molecule has 0 bridgehead atoms. The van der Waals surface area contributed by atoms with Crippen molar-refractivity contribution in [1.82, 2.24) is 24.5 Å². The summed E-state index contributed by atoms with van der Waals surface area (Å²) in [5.41, 5.74) is 3.18. The van der Waals surface area contributed by atoms with E-state index >= 15 is 0 Å². The van der Waals surface area contributed by atoms with Crippen molar-refractivity contribution in [3.63, 3.8) is 0 Å². The Morgan fingerprint density at radius 2 is 1.73 bits per heavy atom. The molecular formula is C20H13N5S. The van der Waals surface area contributed by atoms with Gasteiger partial charge in [-0.1, -0.05) is 30.3 Å². The van der Waals surface area contributed by atoms with Crippen molar-refractivity contribution in [2.24, 2.45) is 0 Å². The molecule has 4 aromatic heterocycles. The fourth-order valence-electron chi connectivity index (χ4n) is 2.95. The average molecular weight is 355 g/mol. The van der Waals surface area contributed by atoms with Gasteiger partial charge < -0.3 is 0 Å². The molecule has 0 aliphatic heterocycles. The summed E-state index contributed by atoms with van der Waals surface area (Å²) in [6.45, 7) is 0. The predicted octanol–water partition coefficient (Wildman–Crippen LogP) is 4.61. The number of fused-ring (bicyclic) bond motifs is 1. The summed E-state index contributed by atoms with van der Waals surface area (Å²) in [6.07, 6.45) is 8.96. The molecule has 0 fully saturated rings. The van der Waals surface area contributed by atoms with E-state index in [-0.39, 0.29) is 0 Å². The summed E-state index contributed by atoms with van der Waals surface area (Å²) >= 11 is 1.62. The predicted molar refractivity (Wildman–Crippen MR) is 103 cm³/mol. The van der Waals surface area contributed by atoms with Crippen LogP contribution in [0.15, 0.2) is 79.0 Å². The molecular weight excluding hydrogens is 342 g/mol. The molecule has 0 atom stereocenters. The smallest absolute Gasteiger partial charge is 0.164 e. The number of aromatic nitrogens is 5. The first-order valence-corrected chi connectivity index (χ1v) is 9.01. The fourth-order valence-corrected chi connectivity index (χ4v) is 3.89. The standard InChI is InChI=1S/C20H13N5S/c1-2-5-14(6-3-1)16-12-26-20-17(16)19(25-10-9-22-13-25)23-18(24-20)15-7-4-8-21-11-15/h1-13H. The third kappa shape index (κ3) is 2.48. The summed E-state index contributed by atoms with van der Waals surface area (Å²) in [5.74, 6) is 1.49. The van der Waals surface area contributed by atoms with E-state index in [1.807, 2.05) is 41.1 Å². The van der Waals surface area contributed by atoms with Crippen molar-refractivity contribution < 1.29 is 0 Å². The van der Waals surface area contributed by atoms with Crippen LogP contribution in [-0.4, -0.2) is 24.5 Å². The van der Waals surface area contributed by atoms with Crippen LogP contribution in [0.1, 0.15) is 0 Å². The lowest BCUT2D eigenvalue weighted by molar-refractivity contribution is 0.998. The van der Waals surface area contributed by atoms with Crippen molar-refractivity contribution in [3.05, 3.63) is 79.0 Å². The first-order chi connectivity index (χ1) is 12.9. The summed E-state index contributed by atoms with van der Waals surface area (Å²) in [4.78, 5) is 19.0. The lowest BCUT2D eigenvalue weighted by Gasteiger charge is -2.09. The van der Waals surface area contributed by atoms with Gasteiger partial charge in [0, 0.05) is 41.3 Å². The van der Waals surface area contributed by atoms with Gasteiger partial charge in [0.1, 0.15) is 11.2 Å². The van der Waals surface area contributed by atoms with E-state index in [9.17, 15) is 0 Å². The van der Waals surface area contributed by atoms with Crippen LogP contribution in [0.2, 0.25) is 0 Å². The van der Waals surface area contributed by atoms with E-state index in [0.29, 0.717) is 5.82 Å². The van der Waals surface area contributed by atoms with Gasteiger partial charge in [-0.25, -0.2) is 15.0 Å². The number of pyridine rings is 1. The van der Waals surface area contributed by atoms with Gasteiger partial charge in [-0.3, -0.25) is 9.55 Å². The van der Waals surface area contributed by atoms with Crippen LogP contribution < -0.4 is 0 Å². The van der Waals surface area contributed by atoms with Gasteiger partial charge in [0.25, 0.3) is 0 Å². The van der Waals surface area contributed by atoms with Crippen LogP contribution in [0.5, 0.6) is 0 Å². The molecule has 124 valence electrons. The van der Waals surface area contributed by atoms with Crippen LogP contribution in [0.25, 0.3) is 38.5 Å². The number of hydrogen-bond donors (Lipinski definition) is 0. The molecule has 5 nitrogen and oxygen atoms in total. The molecule has 0 saturated heterocycles. The first-order valence-electron chi connectivity index (χ1n) is 8.13. The van der Waals surface area contributed by atoms with E-state index in [0.717, 1.165) is 32.7 Å². The Kier molecular flexibility index (Phi) is 3.54. The largest absolute Gasteiger partial charge is 0.290 e. The minimum Gasteiger partial charge on any atom is -0.290 e. The summed E-state index contributed by atoms with van der Waals surface area (Å²) in [7, 11) is 0. The maximum atomic E-state index is 4.85. The zero-order valence-corrected chi connectivity index (χ0v) is 14.5. The van der Waals surface area contributed by atoms with Gasteiger partial charge in [0.2, 0.25) is 0 Å². The monoisotopic (exact) mass is 355 g/mol. The Bertz CT molecular complexity index is 1170. The Morgan fingerprint density at radius 1 is 0.846 bits per heavy atom. The molecule has 4 heterocycles. The van der Waals surface area contributed by atoms with Crippen LogP contribution in [0.3, 0.4) is 0 Å². The minimum atomic E-state index is 0.663. The van der Waals surface area contributed by atoms with Crippen LogP contribution in [-0.2, 0) is 0 Å². The van der Waals surface area contributed by atoms with E-state index in [1.54, 1.807) is 36.3 Å². The van der Waals surface area contributed by atoms with Crippen molar-refractivity contribution in [3.8, 4) is 28.3 Å². The maximum Gasteiger partial charge on any atom is 0.164 e. The molecule has 0 unspecified atom stereocenters. The Morgan fingerprint density at radius 3 is 2.50 bits per heavy atom. The number of hydrogen-bond acceptors (Lipinski definition) is 5. The Hall–Kier alpha value is -3.38. The Labute approximate surface area is 153 Å². The molecule has 0 radical (unpaired) electrons.